The van der Waals surface area contributed by atoms with Crippen LogP contribution in [0.4, 0.5) is 0 Å². The summed E-state index contributed by atoms with van der Waals surface area (Å²) < 4.78 is 0. The molecule has 0 bridgehead atoms. The molecule has 1 aliphatic rings. The van der Waals surface area contributed by atoms with E-state index in [1.165, 1.54) is 24.1 Å². The molecule has 94 valence electrons. The van der Waals surface area contributed by atoms with Crippen molar-refractivity contribution in [1.29, 1.82) is 0 Å². The van der Waals surface area contributed by atoms with E-state index in [0.717, 1.165) is 18.7 Å². The number of hydrogen-bond donors (Lipinski definition) is 1. The molecule has 0 saturated carbocycles. The van der Waals surface area contributed by atoms with Crippen molar-refractivity contribution < 1.29 is 0 Å². The number of aromatic nitrogens is 2. The van der Waals surface area contributed by atoms with Crippen LogP contribution < -0.4 is 5.32 Å². The average Bonchev–Trinajstić information content (AvgIpc) is 2.25. The molecule has 0 aliphatic heterocycles. The molecule has 1 aliphatic carbocycles. The van der Waals surface area contributed by atoms with Crippen LogP contribution in [-0.2, 0) is 12.8 Å². The molecule has 1 unspecified atom stereocenters. The number of aryl methyl sites for hydroxylation is 1. The minimum absolute atomic E-state index is 0.255. The van der Waals surface area contributed by atoms with E-state index in [2.05, 4.69) is 31.1 Å². The van der Waals surface area contributed by atoms with E-state index in [1.807, 2.05) is 13.2 Å². The molecule has 0 radical (unpaired) electrons. The van der Waals surface area contributed by atoms with Crippen LogP contribution >= 0.6 is 0 Å². The van der Waals surface area contributed by atoms with Crippen molar-refractivity contribution in [2.45, 2.75) is 52.5 Å². The van der Waals surface area contributed by atoms with E-state index < -0.39 is 0 Å². The molecule has 0 saturated heterocycles. The minimum Gasteiger partial charge on any atom is -0.313 e. The van der Waals surface area contributed by atoms with Crippen LogP contribution in [0.5, 0.6) is 0 Å². The van der Waals surface area contributed by atoms with E-state index >= 15 is 0 Å². The van der Waals surface area contributed by atoms with Crippen molar-refractivity contribution in [3.05, 3.63) is 23.3 Å². The van der Waals surface area contributed by atoms with E-state index in [-0.39, 0.29) is 5.41 Å². The largest absolute Gasteiger partial charge is 0.313 e. The SMILES string of the molecule is CNC1CCCc2nc(CC(C)(C)C)ncc21. The first-order valence-electron chi connectivity index (χ1n) is 6.51. The topological polar surface area (TPSA) is 37.8 Å². The van der Waals surface area contributed by atoms with Gasteiger partial charge in [-0.25, -0.2) is 9.97 Å². The predicted molar refractivity (Wildman–Crippen MR) is 69.9 cm³/mol. The Labute approximate surface area is 104 Å². The predicted octanol–water partition coefficient (Wildman–Crippen LogP) is 2.66. The first-order chi connectivity index (χ1) is 7.99. The Hall–Kier alpha value is -0.960. The summed E-state index contributed by atoms with van der Waals surface area (Å²) in [5.74, 6) is 0.994. The number of nitrogens with zero attached hydrogens (tertiary/aromatic N) is 2. The highest BCUT2D eigenvalue weighted by Crippen LogP contribution is 2.28. The van der Waals surface area contributed by atoms with Gasteiger partial charge in [0.05, 0.1) is 0 Å². The highest BCUT2D eigenvalue weighted by molar-refractivity contribution is 5.24. The molecule has 1 heterocycles. The standard InChI is InChI=1S/C14H23N3/c1-14(2,3)8-13-16-9-10-11(15-4)6-5-7-12(10)17-13/h9,11,15H,5-8H2,1-4H3. The van der Waals surface area contributed by atoms with Crippen molar-refractivity contribution in [3.8, 4) is 0 Å². The molecule has 3 heteroatoms. The van der Waals surface area contributed by atoms with Gasteiger partial charge < -0.3 is 5.32 Å². The quantitative estimate of drug-likeness (QED) is 0.853. The number of fused-ring (bicyclic) bond motifs is 1. The zero-order valence-corrected chi connectivity index (χ0v) is 11.4. The van der Waals surface area contributed by atoms with Crippen molar-refractivity contribution >= 4 is 0 Å². The van der Waals surface area contributed by atoms with Gasteiger partial charge in [-0.05, 0) is 31.7 Å². The Bertz CT molecular complexity index is 393. The van der Waals surface area contributed by atoms with Gasteiger partial charge >= 0.3 is 0 Å². The van der Waals surface area contributed by atoms with Gasteiger partial charge in [0.2, 0.25) is 0 Å². The number of hydrogen-bond acceptors (Lipinski definition) is 3. The van der Waals surface area contributed by atoms with Crippen LogP contribution in [0.1, 0.15) is 56.7 Å². The molecule has 3 nitrogen and oxygen atoms in total. The van der Waals surface area contributed by atoms with Crippen molar-refractivity contribution in [2.24, 2.45) is 5.41 Å². The molecule has 2 rings (SSSR count). The van der Waals surface area contributed by atoms with Crippen molar-refractivity contribution in [1.82, 2.24) is 15.3 Å². The number of rotatable bonds is 2. The van der Waals surface area contributed by atoms with Gasteiger partial charge in [-0.1, -0.05) is 20.8 Å². The monoisotopic (exact) mass is 233 g/mol. The lowest BCUT2D eigenvalue weighted by Gasteiger charge is -2.25. The Morgan fingerprint density at radius 2 is 2.18 bits per heavy atom. The molecule has 1 N–H and O–H groups in total. The lowest BCUT2D eigenvalue weighted by atomic mass is 9.90. The van der Waals surface area contributed by atoms with Crippen LogP contribution in [0.25, 0.3) is 0 Å². The van der Waals surface area contributed by atoms with E-state index in [9.17, 15) is 0 Å². The molecule has 0 fully saturated rings. The van der Waals surface area contributed by atoms with Gasteiger partial charge in [0.25, 0.3) is 0 Å². The second-order valence-corrected chi connectivity index (χ2v) is 6.16. The molecule has 0 spiro atoms. The summed E-state index contributed by atoms with van der Waals surface area (Å²) >= 11 is 0. The first-order valence-corrected chi connectivity index (χ1v) is 6.51. The summed E-state index contributed by atoms with van der Waals surface area (Å²) in [5.41, 5.74) is 2.81. The fourth-order valence-corrected chi connectivity index (χ4v) is 2.45. The molecule has 17 heavy (non-hydrogen) atoms. The van der Waals surface area contributed by atoms with Gasteiger partial charge in [0, 0.05) is 29.9 Å². The Balaban J connectivity index is 2.25. The second kappa shape index (κ2) is 4.73. The lowest BCUT2D eigenvalue weighted by molar-refractivity contribution is 0.397. The van der Waals surface area contributed by atoms with Gasteiger partial charge in [-0.15, -0.1) is 0 Å². The molecular formula is C14H23N3. The highest BCUT2D eigenvalue weighted by atomic mass is 14.9. The van der Waals surface area contributed by atoms with Crippen molar-refractivity contribution in [2.75, 3.05) is 7.05 Å². The van der Waals surface area contributed by atoms with E-state index in [0.29, 0.717) is 6.04 Å². The molecule has 0 aromatic carbocycles. The normalized spacial score (nSPS) is 20.1. The molecule has 1 aromatic heterocycles. The zero-order valence-electron chi connectivity index (χ0n) is 11.4. The number of nitrogens with one attached hydrogen (secondary N) is 1. The first kappa shape index (κ1) is 12.5. The second-order valence-electron chi connectivity index (χ2n) is 6.16. The maximum atomic E-state index is 4.75. The molecule has 1 aromatic rings. The summed E-state index contributed by atoms with van der Waals surface area (Å²) in [7, 11) is 2.02. The highest BCUT2D eigenvalue weighted by Gasteiger charge is 2.22. The van der Waals surface area contributed by atoms with Gasteiger partial charge in [0.1, 0.15) is 5.82 Å². The summed E-state index contributed by atoms with van der Waals surface area (Å²) in [4.78, 5) is 9.27. The Morgan fingerprint density at radius 3 is 2.82 bits per heavy atom. The molecule has 0 amide bonds. The van der Waals surface area contributed by atoms with Crippen LogP contribution in [0, 0.1) is 5.41 Å². The van der Waals surface area contributed by atoms with Gasteiger partial charge in [0.15, 0.2) is 0 Å². The lowest BCUT2D eigenvalue weighted by Crippen LogP contribution is -2.24. The zero-order chi connectivity index (χ0) is 12.5. The van der Waals surface area contributed by atoms with E-state index in [1.54, 1.807) is 0 Å². The smallest absolute Gasteiger partial charge is 0.129 e. The average molecular weight is 233 g/mol. The van der Waals surface area contributed by atoms with E-state index in [4.69, 9.17) is 4.98 Å². The summed E-state index contributed by atoms with van der Waals surface area (Å²) in [6.45, 7) is 6.69. The maximum Gasteiger partial charge on any atom is 0.129 e. The third kappa shape index (κ3) is 3.03. The maximum absolute atomic E-state index is 4.75. The fraction of sp³-hybridized carbons (Fsp3) is 0.714. The summed E-state index contributed by atoms with van der Waals surface area (Å²) in [5, 5.41) is 3.35. The van der Waals surface area contributed by atoms with Crippen LogP contribution in [0.2, 0.25) is 0 Å². The third-order valence-electron chi connectivity index (χ3n) is 3.27. The third-order valence-corrected chi connectivity index (χ3v) is 3.27. The van der Waals surface area contributed by atoms with Crippen molar-refractivity contribution in [3.63, 3.8) is 0 Å². The fourth-order valence-electron chi connectivity index (χ4n) is 2.45. The van der Waals surface area contributed by atoms with Crippen LogP contribution in [0.15, 0.2) is 6.20 Å². The van der Waals surface area contributed by atoms with Crippen LogP contribution in [-0.4, -0.2) is 17.0 Å². The van der Waals surface area contributed by atoms with Crippen LogP contribution in [0.3, 0.4) is 0 Å². The Kier molecular flexibility index (Phi) is 3.48. The summed E-state index contributed by atoms with van der Waals surface area (Å²) in [6, 6.07) is 0.447. The minimum atomic E-state index is 0.255. The summed E-state index contributed by atoms with van der Waals surface area (Å²) in [6.07, 6.45) is 6.51. The molecule has 1 atom stereocenters. The van der Waals surface area contributed by atoms with Gasteiger partial charge in [-0.2, -0.15) is 0 Å². The molecular weight excluding hydrogens is 210 g/mol. The Morgan fingerprint density at radius 1 is 1.41 bits per heavy atom. The van der Waals surface area contributed by atoms with Gasteiger partial charge in [-0.3, -0.25) is 0 Å².